The van der Waals surface area contributed by atoms with Gasteiger partial charge in [0.05, 0.1) is 29.4 Å². The summed E-state index contributed by atoms with van der Waals surface area (Å²) >= 11 is 0. The number of fused-ring (bicyclic) bond motifs is 1. The Labute approximate surface area is 267 Å². The van der Waals surface area contributed by atoms with Crippen LogP contribution in [0.5, 0.6) is 0 Å². The Hall–Kier alpha value is -4.47. The molecule has 0 saturated carbocycles. The van der Waals surface area contributed by atoms with Crippen molar-refractivity contribution in [2.45, 2.75) is 74.8 Å². The maximum atomic E-state index is 14.2. The Balaban J connectivity index is 1.64. The van der Waals surface area contributed by atoms with Crippen molar-refractivity contribution in [1.82, 2.24) is 29.5 Å². The highest BCUT2D eigenvalue weighted by Gasteiger charge is 2.90. The molecule has 0 N–H and O–H groups in total. The number of hydrogen-bond donors (Lipinski definition) is 0. The first-order valence-corrected chi connectivity index (χ1v) is 13.6. The predicted molar refractivity (Wildman–Crippen MR) is 138 cm³/mol. The Morgan fingerprint density at radius 3 is 1.86 bits per heavy atom. The van der Waals surface area contributed by atoms with Crippen molar-refractivity contribution in [3.63, 3.8) is 0 Å². The molecule has 3 aromatic heterocycles. The lowest BCUT2D eigenvalue weighted by Crippen LogP contribution is -2.70. The van der Waals surface area contributed by atoms with Crippen LogP contribution >= 0.6 is 0 Å². The summed E-state index contributed by atoms with van der Waals surface area (Å²) in [6.45, 7) is -0.992. The molecule has 4 rings (SSSR count). The van der Waals surface area contributed by atoms with E-state index in [0.29, 0.717) is 16.8 Å². The zero-order chi connectivity index (χ0) is 37.9. The molecule has 0 radical (unpaired) electrons. The summed E-state index contributed by atoms with van der Waals surface area (Å²) in [5, 5.41) is 5.60. The van der Waals surface area contributed by atoms with Crippen LogP contribution in [0, 0.1) is 0 Å². The minimum absolute atomic E-state index is 0.120. The van der Waals surface area contributed by atoms with Gasteiger partial charge in [0.2, 0.25) is 0 Å². The third-order valence-corrected chi connectivity index (χ3v) is 7.26. The number of benzene rings is 1. The molecular formula is C27H18F16N6O. The van der Waals surface area contributed by atoms with E-state index in [-0.39, 0.29) is 28.2 Å². The average Bonchev–Trinajstić information content (AvgIpc) is 3.47. The number of rotatable bonds is 11. The molecule has 7 nitrogen and oxygen atoms in total. The Morgan fingerprint density at radius 2 is 1.32 bits per heavy atom. The topological polar surface area (TPSA) is 78.5 Å². The van der Waals surface area contributed by atoms with Crippen molar-refractivity contribution in [3.05, 3.63) is 70.0 Å². The fourth-order valence-electron chi connectivity index (χ4n) is 4.57. The van der Waals surface area contributed by atoms with Crippen LogP contribution in [0.15, 0.2) is 47.4 Å². The number of alkyl halides is 16. The molecule has 0 fully saturated rings. The summed E-state index contributed by atoms with van der Waals surface area (Å²) in [5.74, 6) is -37.9. The zero-order valence-corrected chi connectivity index (χ0v) is 24.5. The second-order valence-electron chi connectivity index (χ2n) is 10.6. The predicted octanol–water partition coefficient (Wildman–Crippen LogP) is 7.81. The smallest absolute Gasteiger partial charge is 0.290 e. The van der Waals surface area contributed by atoms with Crippen LogP contribution in [0.2, 0.25) is 0 Å². The van der Waals surface area contributed by atoms with Crippen molar-refractivity contribution in [1.29, 1.82) is 0 Å². The lowest BCUT2D eigenvalue weighted by molar-refractivity contribution is -0.440. The quantitative estimate of drug-likeness (QED) is 0.147. The second kappa shape index (κ2) is 12.4. The maximum Gasteiger partial charge on any atom is 0.460 e. The molecule has 0 amide bonds. The first-order chi connectivity index (χ1) is 22.7. The van der Waals surface area contributed by atoms with E-state index < -0.39 is 89.3 Å². The minimum Gasteiger partial charge on any atom is -0.290 e. The van der Waals surface area contributed by atoms with Crippen LogP contribution in [0.1, 0.15) is 30.4 Å². The summed E-state index contributed by atoms with van der Waals surface area (Å²) in [4.78, 5) is 21.5. The van der Waals surface area contributed by atoms with E-state index in [1.807, 2.05) is 0 Å². The molecule has 0 aliphatic rings. The third kappa shape index (κ3) is 6.33. The van der Waals surface area contributed by atoms with E-state index in [9.17, 15) is 75.0 Å². The minimum atomic E-state index is -8.05. The van der Waals surface area contributed by atoms with Crippen LogP contribution in [0.25, 0.3) is 22.3 Å². The summed E-state index contributed by atoms with van der Waals surface area (Å²) in [5.41, 5.74) is -3.73. The van der Waals surface area contributed by atoms with Crippen LogP contribution < -0.4 is 5.56 Å². The molecule has 3 heterocycles. The number of halogens is 16. The van der Waals surface area contributed by atoms with Crippen LogP contribution in [0.4, 0.5) is 70.2 Å². The third-order valence-electron chi connectivity index (χ3n) is 7.26. The number of nitrogens with zero attached hydrogens (tertiary/aromatic N) is 6. The highest BCUT2D eigenvalue weighted by molar-refractivity contribution is 5.82. The fourth-order valence-corrected chi connectivity index (χ4v) is 4.57. The van der Waals surface area contributed by atoms with E-state index in [2.05, 4.69) is 20.3 Å². The van der Waals surface area contributed by atoms with E-state index in [1.165, 1.54) is 31.2 Å². The number of aromatic nitrogens is 6. The maximum absolute atomic E-state index is 14.2. The molecule has 0 aliphatic heterocycles. The van der Waals surface area contributed by atoms with Crippen molar-refractivity contribution in [3.8, 4) is 11.3 Å². The van der Waals surface area contributed by atoms with Crippen LogP contribution in [0.3, 0.4) is 0 Å². The average molecular weight is 746 g/mol. The summed E-state index contributed by atoms with van der Waals surface area (Å²) in [6.07, 6.45) is -14.8. The van der Waals surface area contributed by atoms with Crippen molar-refractivity contribution < 1.29 is 70.2 Å². The van der Waals surface area contributed by atoms with Gasteiger partial charge >= 0.3 is 42.0 Å². The van der Waals surface area contributed by atoms with Gasteiger partial charge in [-0.05, 0) is 6.07 Å². The Kier molecular flexibility index (Phi) is 9.50. The van der Waals surface area contributed by atoms with E-state index >= 15 is 0 Å². The number of hydrogen-bond acceptors (Lipinski definition) is 5. The molecule has 0 saturated heterocycles. The molecule has 0 aliphatic carbocycles. The van der Waals surface area contributed by atoms with Crippen LogP contribution in [-0.4, -0.2) is 65.3 Å². The summed E-state index contributed by atoms with van der Waals surface area (Å²) in [6, 6.07) is 8.13. The summed E-state index contributed by atoms with van der Waals surface area (Å²) in [7, 11) is 0. The Morgan fingerprint density at radius 1 is 0.740 bits per heavy atom. The first-order valence-electron chi connectivity index (χ1n) is 13.6. The number of pyridine rings is 1. The normalized spacial score (nSPS) is 14.1. The van der Waals surface area contributed by atoms with Crippen molar-refractivity contribution in [2.75, 3.05) is 0 Å². The van der Waals surface area contributed by atoms with Crippen molar-refractivity contribution >= 4 is 11.0 Å². The van der Waals surface area contributed by atoms with E-state index in [0.717, 1.165) is 0 Å². The highest BCUT2D eigenvalue weighted by Crippen LogP contribution is 2.60. The fraction of sp³-hybridized carbons (Fsp3) is 0.444. The van der Waals surface area contributed by atoms with Gasteiger partial charge in [-0.1, -0.05) is 42.5 Å². The van der Waals surface area contributed by atoms with Gasteiger partial charge in [0.15, 0.2) is 5.65 Å². The molecule has 0 atom stereocenters. The zero-order valence-electron chi connectivity index (χ0n) is 24.5. The van der Waals surface area contributed by atoms with Crippen LogP contribution in [-0.2, 0) is 25.7 Å². The standard InChI is InChI=1S/C27H18F16N6O/c1-2-17-45-19-18(15(22(30,31)32)10-16(44-19)13-6-4-3-5-7-13)20(50)49(17)12-14-11-48(47-46-14)9-8-21(28,29)23(33,34)24(35,36)25(37,38)26(39,40)27(41,42)43/h3-7,10-11H,2,8-9,12H2,1H3. The SMILES string of the molecule is CCc1nc2nc(-c3ccccc3)cc(C(F)(F)F)c2c(=O)n1Cc1cn(CCC(F)(F)C(F)(F)C(F)(F)C(F)(F)C(F)(F)C(F)(F)F)nn1. The van der Waals surface area contributed by atoms with Gasteiger partial charge in [0.1, 0.15) is 11.5 Å². The molecule has 0 unspecified atom stereocenters. The lowest BCUT2D eigenvalue weighted by Gasteiger charge is -2.39. The number of aryl methyl sites for hydroxylation is 2. The molecule has 1 aromatic carbocycles. The van der Waals surface area contributed by atoms with Gasteiger partial charge in [-0.3, -0.25) is 14.0 Å². The largest absolute Gasteiger partial charge is 0.460 e. The molecular weight excluding hydrogens is 728 g/mol. The van der Waals surface area contributed by atoms with Gasteiger partial charge < -0.3 is 0 Å². The monoisotopic (exact) mass is 746 g/mol. The van der Waals surface area contributed by atoms with E-state index in [4.69, 9.17) is 0 Å². The molecule has 274 valence electrons. The van der Waals surface area contributed by atoms with Gasteiger partial charge in [-0.15, -0.1) is 5.10 Å². The van der Waals surface area contributed by atoms with Crippen molar-refractivity contribution in [2.24, 2.45) is 0 Å². The van der Waals surface area contributed by atoms with Gasteiger partial charge in [0.25, 0.3) is 5.56 Å². The highest BCUT2D eigenvalue weighted by atomic mass is 19.4. The molecule has 0 spiro atoms. The molecule has 50 heavy (non-hydrogen) atoms. The second-order valence-corrected chi connectivity index (χ2v) is 10.6. The first kappa shape index (κ1) is 38.3. The van der Waals surface area contributed by atoms with Gasteiger partial charge in [-0.25, -0.2) is 9.97 Å². The lowest BCUT2D eigenvalue weighted by atomic mass is 9.92. The Bertz CT molecular complexity index is 1920. The summed E-state index contributed by atoms with van der Waals surface area (Å²) < 4.78 is 217. The molecule has 0 bridgehead atoms. The van der Waals surface area contributed by atoms with E-state index in [1.54, 1.807) is 6.07 Å². The molecule has 23 heteroatoms. The van der Waals surface area contributed by atoms with Gasteiger partial charge in [0, 0.05) is 24.9 Å². The molecule has 4 aromatic rings. The van der Waals surface area contributed by atoms with Gasteiger partial charge in [-0.2, -0.15) is 70.2 Å².